The first-order valence-electron chi connectivity index (χ1n) is 9.20. The minimum absolute atomic E-state index is 0.274. The van der Waals surface area contributed by atoms with E-state index in [1.54, 1.807) is 17.8 Å². The lowest BCUT2D eigenvalue weighted by atomic mass is 10.2. The number of hydrogen-bond acceptors (Lipinski definition) is 5. The number of thioether (sulfide) groups is 1. The van der Waals surface area contributed by atoms with Crippen molar-refractivity contribution < 1.29 is 4.74 Å². The summed E-state index contributed by atoms with van der Waals surface area (Å²) in [4.78, 5) is 4.06. The van der Waals surface area contributed by atoms with Gasteiger partial charge in [-0.3, -0.25) is 9.55 Å². The largest absolute Gasteiger partial charge is 0.484 e. The first-order chi connectivity index (χ1) is 14.3. The van der Waals surface area contributed by atoms with Gasteiger partial charge in [0.2, 0.25) is 0 Å². The van der Waals surface area contributed by atoms with E-state index >= 15 is 0 Å². The highest BCUT2D eigenvalue weighted by Crippen LogP contribution is 2.26. The maximum Gasteiger partial charge on any atom is 0.195 e. The summed E-state index contributed by atoms with van der Waals surface area (Å²) < 4.78 is 7.94. The van der Waals surface area contributed by atoms with Crippen molar-refractivity contribution in [2.24, 2.45) is 0 Å². The zero-order valence-electron chi connectivity index (χ0n) is 15.6. The van der Waals surface area contributed by atoms with E-state index in [4.69, 9.17) is 16.3 Å². The highest BCUT2D eigenvalue weighted by atomic mass is 35.5. The number of nitrogens with zero attached hydrogens (tertiary/aromatic N) is 4. The molecular formula is C22H19ClN4OS. The molecule has 2 heterocycles. The molecule has 0 aliphatic rings. The van der Waals surface area contributed by atoms with Gasteiger partial charge in [-0.1, -0.05) is 53.7 Å². The van der Waals surface area contributed by atoms with Crippen LogP contribution in [-0.4, -0.2) is 25.5 Å². The third-order valence-corrected chi connectivity index (χ3v) is 5.52. The average molecular weight is 423 g/mol. The van der Waals surface area contributed by atoms with Crippen LogP contribution in [0.4, 0.5) is 0 Å². The SMILES string of the molecule is Clc1ccccc1OCc1nnc(SCCc2ccncc2)n1-c1ccccc1. The van der Waals surface area contributed by atoms with Crippen molar-refractivity contribution in [1.29, 1.82) is 0 Å². The monoisotopic (exact) mass is 422 g/mol. The van der Waals surface area contributed by atoms with Crippen molar-refractivity contribution in [2.75, 3.05) is 5.75 Å². The molecule has 0 N–H and O–H groups in total. The molecule has 0 aliphatic carbocycles. The molecule has 4 aromatic rings. The number of pyridine rings is 1. The van der Waals surface area contributed by atoms with E-state index in [0.717, 1.165) is 28.8 Å². The average Bonchev–Trinajstić information content (AvgIpc) is 3.17. The summed E-state index contributed by atoms with van der Waals surface area (Å²) in [5.41, 5.74) is 2.25. The molecular weight excluding hydrogens is 404 g/mol. The second kappa shape index (κ2) is 9.58. The van der Waals surface area contributed by atoms with Crippen LogP contribution in [0, 0.1) is 0 Å². The molecule has 0 spiro atoms. The van der Waals surface area contributed by atoms with E-state index in [2.05, 4.69) is 15.2 Å². The Morgan fingerprint density at radius 2 is 1.66 bits per heavy atom. The highest BCUT2D eigenvalue weighted by Gasteiger charge is 2.15. The number of benzene rings is 2. The maximum absolute atomic E-state index is 6.20. The molecule has 0 bridgehead atoms. The van der Waals surface area contributed by atoms with Crippen molar-refractivity contribution in [1.82, 2.24) is 19.7 Å². The van der Waals surface area contributed by atoms with Gasteiger partial charge in [0.05, 0.1) is 5.02 Å². The number of hydrogen-bond donors (Lipinski definition) is 0. The summed E-state index contributed by atoms with van der Waals surface area (Å²) in [6.07, 6.45) is 4.56. The van der Waals surface area contributed by atoms with Gasteiger partial charge in [0.15, 0.2) is 11.0 Å². The van der Waals surface area contributed by atoms with E-state index in [0.29, 0.717) is 10.8 Å². The molecule has 0 radical (unpaired) electrons. The lowest BCUT2D eigenvalue weighted by Gasteiger charge is -2.11. The van der Waals surface area contributed by atoms with E-state index in [9.17, 15) is 0 Å². The molecule has 0 saturated heterocycles. The third kappa shape index (κ3) is 4.96. The number of rotatable bonds is 8. The van der Waals surface area contributed by atoms with Gasteiger partial charge < -0.3 is 4.74 Å². The number of para-hydroxylation sites is 2. The predicted molar refractivity (Wildman–Crippen MR) is 116 cm³/mol. The second-order valence-electron chi connectivity index (χ2n) is 6.24. The van der Waals surface area contributed by atoms with Crippen molar-refractivity contribution in [3.63, 3.8) is 0 Å². The molecule has 4 rings (SSSR count). The zero-order chi connectivity index (χ0) is 19.9. The van der Waals surface area contributed by atoms with Crippen LogP contribution in [-0.2, 0) is 13.0 Å². The van der Waals surface area contributed by atoms with Crippen LogP contribution in [0.15, 0.2) is 84.3 Å². The van der Waals surface area contributed by atoms with Crippen LogP contribution in [0.5, 0.6) is 5.75 Å². The lowest BCUT2D eigenvalue weighted by Crippen LogP contribution is -2.07. The minimum Gasteiger partial charge on any atom is -0.484 e. The molecule has 29 heavy (non-hydrogen) atoms. The Balaban J connectivity index is 1.53. The zero-order valence-corrected chi connectivity index (χ0v) is 17.2. The predicted octanol–water partition coefficient (Wildman–Crippen LogP) is 5.23. The lowest BCUT2D eigenvalue weighted by molar-refractivity contribution is 0.293. The summed E-state index contributed by atoms with van der Waals surface area (Å²) in [6, 6.07) is 21.5. The highest BCUT2D eigenvalue weighted by molar-refractivity contribution is 7.99. The van der Waals surface area contributed by atoms with Gasteiger partial charge in [0.1, 0.15) is 12.4 Å². The van der Waals surface area contributed by atoms with Gasteiger partial charge in [0, 0.05) is 23.8 Å². The van der Waals surface area contributed by atoms with Gasteiger partial charge in [0.25, 0.3) is 0 Å². The van der Waals surface area contributed by atoms with E-state index < -0.39 is 0 Å². The first kappa shape index (κ1) is 19.5. The molecule has 0 saturated carbocycles. The molecule has 5 nitrogen and oxygen atoms in total. The van der Waals surface area contributed by atoms with Gasteiger partial charge in [-0.15, -0.1) is 10.2 Å². The number of aromatic nitrogens is 4. The van der Waals surface area contributed by atoms with Crippen molar-refractivity contribution in [3.05, 3.63) is 95.5 Å². The van der Waals surface area contributed by atoms with Gasteiger partial charge in [-0.05, 0) is 48.4 Å². The minimum atomic E-state index is 0.274. The summed E-state index contributed by atoms with van der Waals surface area (Å²) in [7, 11) is 0. The fourth-order valence-electron chi connectivity index (χ4n) is 2.84. The summed E-state index contributed by atoms with van der Waals surface area (Å²) in [5, 5.41) is 10.2. The third-order valence-electron chi connectivity index (χ3n) is 4.28. The number of ether oxygens (including phenoxy) is 1. The second-order valence-corrected chi connectivity index (χ2v) is 7.71. The topological polar surface area (TPSA) is 52.8 Å². The summed E-state index contributed by atoms with van der Waals surface area (Å²) >= 11 is 7.87. The number of halogens is 1. The van der Waals surface area contributed by atoms with Crippen molar-refractivity contribution in [3.8, 4) is 11.4 Å². The standard InChI is InChI=1S/C22H19ClN4OS/c23-19-8-4-5-9-20(19)28-16-21-25-26-22(27(21)18-6-2-1-3-7-18)29-15-12-17-10-13-24-14-11-17/h1-11,13-14H,12,15-16H2. The van der Waals surface area contributed by atoms with Crippen LogP contribution in [0.3, 0.4) is 0 Å². The molecule has 7 heteroatoms. The Labute approximate surface area is 178 Å². The van der Waals surface area contributed by atoms with Crippen LogP contribution >= 0.6 is 23.4 Å². The Morgan fingerprint density at radius 3 is 2.45 bits per heavy atom. The molecule has 0 aliphatic heterocycles. The number of aryl methyl sites for hydroxylation is 1. The van der Waals surface area contributed by atoms with E-state index in [1.807, 2.05) is 77.6 Å². The maximum atomic E-state index is 6.20. The van der Waals surface area contributed by atoms with Crippen LogP contribution in [0.25, 0.3) is 5.69 Å². The first-order valence-corrected chi connectivity index (χ1v) is 10.6. The molecule has 146 valence electrons. The molecule has 2 aromatic carbocycles. The van der Waals surface area contributed by atoms with E-state index in [1.165, 1.54) is 5.56 Å². The fraction of sp³-hybridized carbons (Fsp3) is 0.136. The molecule has 0 fully saturated rings. The molecule has 0 amide bonds. The Morgan fingerprint density at radius 1 is 0.897 bits per heavy atom. The van der Waals surface area contributed by atoms with Crippen molar-refractivity contribution >= 4 is 23.4 Å². The van der Waals surface area contributed by atoms with Crippen LogP contribution in [0.2, 0.25) is 5.02 Å². The molecule has 2 aromatic heterocycles. The van der Waals surface area contributed by atoms with E-state index in [-0.39, 0.29) is 6.61 Å². The Bertz CT molecular complexity index is 1060. The smallest absolute Gasteiger partial charge is 0.195 e. The normalized spacial score (nSPS) is 10.8. The molecule has 0 unspecified atom stereocenters. The quantitative estimate of drug-likeness (QED) is 0.364. The van der Waals surface area contributed by atoms with Crippen LogP contribution < -0.4 is 4.74 Å². The van der Waals surface area contributed by atoms with Crippen LogP contribution in [0.1, 0.15) is 11.4 Å². The van der Waals surface area contributed by atoms with Gasteiger partial charge in [-0.25, -0.2) is 0 Å². The summed E-state index contributed by atoms with van der Waals surface area (Å²) in [5.74, 6) is 2.24. The molecule has 0 atom stereocenters. The van der Waals surface area contributed by atoms with Gasteiger partial charge in [-0.2, -0.15) is 0 Å². The van der Waals surface area contributed by atoms with Crippen molar-refractivity contribution in [2.45, 2.75) is 18.2 Å². The fourth-order valence-corrected chi connectivity index (χ4v) is 3.99. The Hall–Kier alpha value is -2.83. The summed E-state index contributed by atoms with van der Waals surface area (Å²) in [6.45, 7) is 0.274. The van der Waals surface area contributed by atoms with Gasteiger partial charge >= 0.3 is 0 Å². The Kier molecular flexibility index (Phi) is 6.44.